The molecule has 9 nitrogen and oxygen atoms in total. The number of unbranched alkanes of at least 4 members (excludes halogenated alkanes) is 30. The number of hydrogen-bond acceptors (Lipinski definition) is 7. The first-order valence-corrected chi connectivity index (χ1v) is 25.9. The topological polar surface area (TPSA) is 151 Å². The van der Waals surface area contributed by atoms with Crippen LogP contribution < -0.4 is 11.1 Å². The molecule has 0 saturated carbocycles. The summed E-state index contributed by atoms with van der Waals surface area (Å²) in [5.74, 6) is -0.415. The second kappa shape index (κ2) is 43.3. The van der Waals surface area contributed by atoms with Gasteiger partial charge >= 0.3 is 7.82 Å². The molecule has 4 atom stereocenters. The van der Waals surface area contributed by atoms with Gasteiger partial charge in [0.05, 0.1) is 37.9 Å². The van der Waals surface area contributed by atoms with Crippen LogP contribution in [-0.4, -0.2) is 59.0 Å². The molecule has 0 radical (unpaired) electrons. The molecule has 0 saturated heterocycles. The molecule has 0 aliphatic heterocycles. The Hall–Kier alpha value is -0.800. The van der Waals surface area contributed by atoms with Crippen LogP contribution >= 0.6 is 7.82 Å². The van der Waals surface area contributed by atoms with E-state index in [2.05, 4.69) is 31.3 Å². The number of phosphoric ester groups is 1. The van der Waals surface area contributed by atoms with Crippen LogP contribution in [0.5, 0.6) is 0 Å². The van der Waals surface area contributed by atoms with Crippen molar-refractivity contribution in [2.24, 2.45) is 5.73 Å². The number of phosphoric acid groups is 1. The van der Waals surface area contributed by atoms with Crippen molar-refractivity contribution in [3.05, 3.63) is 12.2 Å². The van der Waals surface area contributed by atoms with Crippen molar-refractivity contribution in [3.63, 3.8) is 0 Å². The molecule has 1 amide bonds. The summed E-state index contributed by atoms with van der Waals surface area (Å²) in [7, 11) is -4.38. The number of carbonyl (C=O) groups is 1. The van der Waals surface area contributed by atoms with Gasteiger partial charge in [0.25, 0.3) is 0 Å². The van der Waals surface area contributed by atoms with Gasteiger partial charge in [-0.05, 0) is 38.5 Å². The quantitative estimate of drug-likeness (QED) is 0.0231. The summed E-state index contributed by atoms with van der Waals surface area (Å²) >= 11 is 0. The van der Waals surface area contributed by atoms with Crippen LogP contribution in [0.2, 0.25) is 0 Å². The van der Waals surface area contributed by atoms with Crippen molar-refractivity contribution in [1.82, 2.24) is 5.32 Å². The SMILES string of the molecule is CCCCCCCC/C=C\CCCCCCCC(O)CC(=O)NC(COP(=O)(O)OCCN)C(O)CCCCCCCCCCCCCCCCCCCCCC. The molecule has 0 spiro atoms. The van der Waals surface area contributed by atoms with E-state index in [0.717, 1.165) is 44.9 Å². The van der Waals surface area contributed by atoms with Crippen LogP contribution in [0.1, 0.15) is 245 Å². The molecule has 0 heterocycles. The lowest BCUT2D eigenvalue weighted by Gasteiger charge is -2.25. The summed E-state index contributed by atoms with van der Waals surface area (Å²) in [4.78, 5) is 22.8. The van der Waals surface area contributed by atoms with E-state index in [1.165, 1.54) is 167 Å². The highest BCUT2D eigenvalue weighted by molar-refractivity contribution is 7.47. The highest BCUT2D eigenvalue weighted by atomic mass is 31.2. The van der Waals surface area contributed by atoms with Crippen LogP contribution in [0.4, 0.5) is 0 Å². The van der Waals surface area contributed by atoms with Crippen LogP contribution in [0.15, 0.2) is 12.2 Å². The number of carbonyl (C=O) groups excluding carboxylic acids is 1. The molecular formula is C47H95N2O7P. The minimum atomic E-state index is -4.38. The predicted molar refractivity (Wildman–Crippen MR) is 241 cm³/mol. The highest BCUT2D eigenvalue weighted by Gasteiger charge is 2.28. The normalized spacial score (nSPS) is 14.6. The van der Waals surface area contributed by atoms with Gasteiger partial charge in [0, 0.05) is 6.54 Å². The summed E-state index contributed by atoms with van der Waals surface area (Å²) in [6.45, 7) is 4.07. The minimum absolute atomic E-state index is 0.0602. The molecule has 0 aliphatic rings. The van der Waals surface area contributed by atoms with E-state index in [9.17, 15) is 24.5 Å². The second-order valence-electron chi connectivity index (χ2n) is 16.9. The van der Waals surface area contributed by atoms with Crippen molar-refractivity contribution in [2.45, 2.75) is 263 Å². The molecule has 0 aromatic carbocycles. The maximum Gasteiger partial charge on any atom is 0.472 e. The van der Waals surface area contributed by atoms with Gasteiger partial charge in [0.2, 0.25) is 5.91 Å². The van der Waals surface area contributed by atoms with Crippen molar-refractivity contribution >= 4 is 13.7 Å². The molecule has 340 valence electrons. The molecule has 10 heteroatoms. The van der Waals surface area contributed by atoms with Crippen molar-refractivity contribution in [3.8, 4) is 0 Å². The number of nitrogens with two attached hydrogens (primary N) is 1. The first-order valence-electron chi connectivity index (χ1n) is 24.4. The Bertz CT molecular complexity index is 924. The molecule has 6 N–H and O–H groups in total. The molecular weight excluding hydrogens is 735 g/mol. The van der Waals surface area contributed by atoms with Gasteiger partial charge in [-0.15, -0.1) is 0 Å². The zero-order chi connectivity index (χ0) is 41.9. The third-order valence-corrected chi connectivity index (χ3v) is 12.2. The number of amides is 1. The van der Waals surface area contributed by atoms with Crippen molar-refractivity contribution < 1.29 is 33.5 Å². The lowest BCUT2D eigenvalue weighted by molar-refractivity contribution is -0.125. The molecule has 0 aromatic heterocycles. The van der Waals surface area contributed by atoms with Crippen LogP contribution in [-0.2, 0) is 18.4 Å². The molecule has 0 aromatic rings. The smallest absolute Gasteiger partial charge is 0.393 e. The van der Waals surface area contributed by atoms with Gasteiger partial charge in [-0.25, -0.2) is 4.57 Å². The van der Waals surface area contributed by atoms with E-state index in [1.807, 2.05) is 0 Å². The maximum atomic E-state index is 12.9. The summed E-state index contributed by atoms with van der Waals surface area (Å²) < 4.78 is 22.2. The van der Waals surface area contributed by atoms with Gasteiger partial charge in [-0.3, -0.25) is 13.8 Å². The maximum absolute atomic E-state index is 12.9. The Morgan fingerprint density at radius 1 is 0.579 bits per heavy atom. The van der Waals surface area contributed by atoms with Crippen LogP contribution in [0.25, 0.3) is 0 Å². The van der Waals surface area contributed by atoms with Crippen molar-refractivity contribution in [1.29, 1.82) is 0 Å². The van der Waals surface area contributed by atoms with Gasteiger partial charge in [0.1, 0.15) is 0 Å². The van der Waals surface area contributed by atoms with E-state index >= 15 is 0 Å². The predicted octanol–water partition coefficient (Wildman–Crippen LogP) is 12.9. The summed E-state index contributed by atoms with van der Waals surface area (Å²) in [6.07, 6.45) is 45.4. The lowest BCUT2D eigenvalue weighted by Crippen LogP contribution is -2.47. The fraction of sp³-hybridized carbons (Fsp3) is 0.936. The van der Waals surface area contributed by atoms with Gasteiger partial charge in [0.15, 0.2) is 0 Å². The summed E-state index contributed by atoms with van der Waals surface area (Å²) in [6, 6.07) is -0.896. The number of nitrogens with one attached hydrogen (secondary N) is 1. The number of hydrogen-bond donors (Lipinski definition) is 5. The van der Waals surface area contributed by atoms with Crippen molar-refractivity contribution in [2.75, 3.05) is 19.8 Å². The van der Waals surface area contributed by atoms with Gasteiger partial charge in [-0.2, -0.15) is 0 Å². The standard InChI is InChI=1S/C47H95N2O7P/c1-3-5-7-9-11-13-15-17-19-20-21-22-23-25-27-29-31-33-35-37-39-46(51)45(43-56-57(53,54)55-41-40-48)49-47(52)42-44(50)38-36-34-32-30-28-26-24-18-16-14-12-10-8-6-4-2/h18,24,44-46,50-51H,3-17,19-23,25-43,48H2,1-2H3,(H,49,52)(H,53,54)/b24-18-. The van der Waals surface area contributed by atoms with E-state index in [1.54, 1.807) is 0 Å². The van der Waals surface area contributed by atoms with Crippen LogP contribution in [0.3, 0.4) is 0 Å². The number of allylic oxidation sites excluding steroid dienone is 2. The second-order valence-corrected chi connectivity index (χ2v) is 18.3. The first kappa shape index (κ1) is 56.2. The molecule has 0 fully saturated rings. The van der Waals surface area contributed by atoms with E-state index in [4.69, 9.17) is 14.8 Å². The van der Waals surface area contributed by atoms with E-state index < -0.39 is 32.0 Å². The fourth-order valence-electron chi connectivity index (χ4n) is 7.47. The first-order chi connectivity index (χ1) is 27.8. The van der Waals surface area contributed by atoms with Gasteiger partial charge < -0.3 is 26.2 Å². The Morgan fingerprint density at radius 3 is 1.35 bits per heavy atom. The average molecular weight is 831 g/mol. The minimum Gasteiger partial charge on any atom is -0.393 e. The average Bonchev–Trinajstić information content (AvgIpc) is 3.19. The van der Waals surface area contributed by atoms with E-state index in [0.29, 0.717) is 12.8 Å². The largest absolute Gasteiger partial charge is 0.472 e. The zero-order valence-corrected chi connectivity index (χ0v) is 38.4. The zero-order valence-electron chi connectivity index (χ0n) is 37.5. The monoisotopic (exact) mass is 831 g/mol. The lowest BCUT2D eigenvalue weighted by atomic mass is 10.0. The third kappa shape index (κ3) is 41.7. The van der Waals surface area contributed by atoms with Gasteiger partial charge in [-0.1, -0.05) is 212 Å². The highest BCUT2D eigenvalue weighted by Crippen LogP contribution is 2.43. The molecule has 4 unspecified atom stereocenters. The Balaban J connectivity index is 4.18. The summed E-state index contributed by atoms with van der Waals surface area (Å²) in [5.41, 5.74) is 5.38. The van der Waals surface area contributed by atoms with Crippen LogP contribution in [0, 0.1) is 0 Å². The molecule has 0 rings (SSSR count). The Morgan fingerprint density at radius 2 is 0.947 bits per heavy atom. The Labute approximate surface area is 352 Å². The molecule has 57 heavy (non-hydrogen) atoms. The number of rotatable bonds is 46. The number of aliphatic hydroxyl groups excluding tert-OH is 2. The summed E-state index contributed by atoms with van der Waals surface area (Å²) in [5, 5.41) is 24.3. The molecule has 0 bridgehead atoms. The Kier molecular flexibility index (Phi) is 42.7. The number of aliphatic hydroxyl groups is 2. The third-order valence-electron chi connectivity index (χ3n) is 11.2. The molecule has 0 aliphatic carbocycles. The van der Waals surface area contributed by atoms with E-state index in [-0.39, 0.29) is 26.2 Å². The fourth-order valence-corrected chi connectivity index (χ4v) is 8.23.